The maximum absolute atomic E-state index is 12.8. The lowest BCUT2D eigenvalue weighted by Gasteiger charge is -2.36. The monoisotopic (exact) mass is 274 g/mol. The Labute approximate surface area is 122 Å². The fourth-order valence-corrected chi connectivity index (χ4v) is 2.98. The summed E-state index contributed by atoms with van der Waals surface area (Å²) in [6.45, 7) is 9.29. The zero-order valence-electron chi connectivity index (χ0n) is 13.0. The van der Waals surface area contributed by atoms with Gasteiger partial charge in [-0.3, -0.25) is 4.79 Å². The normalized spacial score (nSPS) is 21.2. The maximum atomic E-state index is 12.8. The summed E-state index contributed by atoms with van der Waals surface area (Å²) in [6, 6.07) is 8.76. The van der Waals surface area contributed by atoms with E-state index in [0.29, 0.717) is 0 Å². The average Bonchev–Trinajstić information content (AvgIpc) is 2.43. The van der Waals surface area contributed by atoms with E-state index < -0.39 is 0 Å². The number of para-hydroxylation sites is 1. The number of nitrogens with zero attached hydrogens (tertiary/aromatic N) is 1. The molecule has 3 nitrogen and oxygen atoms in total. The smallest absolute Gasteiger partial charge is 0.228 e. The molecular formula is C17H26N2O. The van der Waals surface area contributed by atoms with Crippen LogP contribution in [0.4, 0.5) is 5.69 Å². The molecule has 2 atom stereocenters. The van der Waals surface area contributed by atoms with E-state index in [1.54, 1.807) is 0 Å². The lowest BCUT2D eigenvalue weighted by atomic mass is 9.86. The van der Waals surface area contributed by atoms with Gasteiger partial charge in [0.05, 0.1) is 5.92 Å². The van der Waals surface area contributed by atoms with E-state index in [1.807, 2.05) is 17.0 Å². The van der Waals surface area contributed by atoms with Crippen LogP contribution in [-0.4, -0.2) is 29.4 Å². The quantitative estimate of drug-likeness (QED) is 0.913. The summed E-state index contributed by atoms with van der Waals surface area (Å²) < 4.78 is 0. The summed E-state index contributed by atoms with van der Waals surface area (Å²) in [5.74, 6) is 0.329. The summed E-state index contributed by atoms with van der Waals surface area (Å²) in [6.07, 6.45) is 1.85. The predicted molar refractivity (Wildman–Crippen MR) is 83.9 cm³/mol. The highest BCUT2D eigenvalue weighted by Crippen LogP contribution is 2.29. The van der Waals surface area contributed by atoms with Crippen LogP contribution in [0.1, 0.15) is 39.7 Å². The van der Waals surface area contributed by atoms with Gasteiger partial charge in [0.2, 0.25) is 5.91 Å². The predicted octanol–water partition coefficient (Wildman–Crippen LogP) is 3.31. The highest BCUT2D eigenvalue weighted by Gasteiger charge is 2.33. The standard InChI is InChI=1S/C17H26N2O/c1-5-10-19(12(2)3)17(20)15-11-14-8-6-7-9-16(14)18-13(15)4/h6-9,12-13,15,18H,5,10-11H2,1-4H3. The molecule has 0 aromatic heterocycles. The van der Waals surface area contributed by atoms with Crippen LogP contribution in [0.3, 0.4) is 0 Å². The molecule has 1 aromatic carbocycles. The first-order valence-corrected chi connectivity index (χ1v) is 7.69. The Morgan fingerprint density at radius 3 is 2.75 bits per heavy atom. The van der Waals surface area contributed by atoms with Crippen LogP contribution in [-0.2, 0) is 11.2 Å². The van der Waals surface area contributed by atoms with Gasteiger partial charge in [-0.05, 0) is 45.2 Å². The molecule has 1 heterocycles. The average molecular weight is 274 g/mol. The molecule has 0 spiro atoms. The Kier molecular flexibility index (Phi) is 4.69. The second-order valence-corrected chi connectivity index (χ2v) is 6.03. The number of carbonyl (C=O) groups excluding carboxylic acids is 1. The largest absolute Gasteiger partial charge is 0.382 e. The van der Waals surface area contributed by atoms with E-state index in [4.69, 9.17) is 0 Å². The van der Waals surface area contributed by atoms with Crippen molar-refractivity contribution in [3.05, 3.63) is 29.8 Å². The molecule has 0 radical (unpaired) electrons. The zero-order chi connectivity index (χ0) is 14.7. The Morgan fingerprint density at radius 2 is 2.10 bits per heavy atom. The topological polar surface area (TPSA) is 32.3 Å². The maximum Gasteiger partial charge on any atom is 0.228 e. The minimum atomic E-state index is 0.0406. The Balaban J connectivity index is 2.18. The summed E-state index contributed by atoms with van der Waals surface area (Å²) >= 11 is 0. The molecular weight excluding hydrogens is 248 g/mol. The van der Waals surface area contributed by atoms with Gasteiger partial charge in [0.25, 0.3) is 0 Å². The van der Waals surface area contributed by atoms with Gasteiger partial charge in [0.1, 0.15) is 0 Å². The van der Waals surface area contributed by atoms with Crippen LogP contribution in [0, 0.1) is 5.92 Å². The van der Waals surface area contributed by atoms with Crippen molar-refractivity contribution in [2.45, 2.75) is 52.6 Å². The van der Waals surface area contributed by atoms with Crippen LogP contribution < -0.4 is 5.32 Å². The highest BCUT2D eigenvalue weighted by atomic mass is 16.2. The fraction of sp³-hybridized carbons (Fsp3) is 0.588. The molecule has 0 saturated carbocycles. The Morgan fingerprint density at radius 1 is 1.40 bits per heavy atom. The van der Waals surface area contributed by atoms with Crippen molar-refractivity contribution < 1.29 is 4.79 Å². The molecule has 20 heavy (non-hydrogen) atoms. The van der Waals surface area contributed by atoms with Crippen molar-refractivity contribution in [1.29, 1.82) is 0 Å². The number of carbonyl (C=O) groups is 1. The highest BCUT2D eigenvalue weighted by molar-refractivity contribution is 5.82. The molecule has 1 aliphatic heterocycles. The van der Waals surface area contributed by atoms with E-state index in [0.717, 1.165) is 19.4 Å². The minimum Gasteiger partial charge on any atom is -0.382 e. The molecule has 1 aliphatic rings. The van der Waals surface area contributed by atoms with E-state index >= 15 is 0 Å². The third kappa shape index (κ3) is 2.97. The van der Waals surface area contributed by atoms with E-state index in [2.05, 4.69) is 45.1 Å². The third-order valence-corrected chi connectivity index (χ3v) is 4.13. The number of anilines is 1. The first-order chi connectivity index (χ1) is 9.54. The molecule has 0 bridgehead atoms. The second-order valence-electron chi connectivity index (χ2n) is 6.03. The number of benzene rings is 1. The van der Waals surface area contributed by atoms with Gasteiger partial charge in [0.15, 0.2) is 0 Å². The van der Waals surface area contributed by atoms with Crippen LogP contribution in [0.2, 0.25) is 0 Å². The third-order valence-electron chi connectivity index (χ3n) is 4.13. The van der Waals surface area contributed by atoms with Crippen molar-refractivity contribution >= 4 is 11.6 Å². The van der Waals surface area contributed by atoms with Crippen molar-refractivity contribution in [2.24, 2.45) is 5.92 Å². The first kappa shape index (κ1) is 14.9. The van der Waals surface area contributed by atoms with Crippen molar-refractivity contribution in [3.63, 3.8) is 0 Å². The molecule has 1 aromatic rings. The molecule has 0 saturated heterocycles. The van der Waals surface area contributed by atoms with E-state index in [9.17, 15) is 4.79 Å². The molecule has 110 valence electrons. The van der Waals surface area contributed by atoms with Gasteiger partial charge in [0, 0.05) is 24.3 Å². The Hall–Kier alpha value is -1.51. The van der Waals surface area contributed by atoms with Crippen LogP contribution >= 0.6 is 0 Å². The van der Waals surface area contributed by atoms with Crippen LogP contribution in [0.25, 0.3) is 0 Å². The molecule has 2 rings (SSSR count). The van der Waals surface area contributed by atoms with Gasteiger partial charge in [-0.15, -0.1) is 0 Å². The molecule has 0 aliphatic carbocycles. The molecule has 2 unspecified atom stereocenters. The summed E-state index contributed by atoms with van der Waals surface area (Å²) in [4.78, 5) is 14.9. The lowest BCUT2D eigenvalue weighted by molar-refractivity contribution is -0.137. The molecule has 1 N–H and O–H groups in total. The van der Waals surface area contributed by atoms with Gasteiger partial charge in [-0.2, -0.15) is 0 Å². The number of amides is 1. The van der Waals surface area contributed by atoms with Crippen LogP contribution in [0.15, 0.2) is 24.3 Å². The molecule has 0 fully saturated rings. The van der Waals surface area contributed by atoms with Crippen molar-refractivity contribution in [1.82, 2.24) is 4.90 Å². The number of hydrogen-bond acceptors (Lipinski definition) is 2. The summed E-state index contributed by atoms with van der Waals surface area (Å²) in [5.41, 5.74) is 2.43. The van der Waals surface area contributed by atoms with E-state index in [1.165, 1.54) is 11.3 Å². The van der Waals surface area contributed by atoms with Crippen LogP contribution in [0.5, 0.6) is 0 Å². The van der Waals surface area contributed by atoms with Gasteiger partial charge in [-0.1, -0.05) is 25.1 Å². The molecule has 1 amide bonds. The summed E-state index contributed by atoms with van der Waals surface area (Å²) in [7, 11) is 0. The zero-order valence-corrected chi connectivity index (χ0v) is 13.0. The van der Waals surface area contributed by atoms with Crippen molar-refractivity contribution in [2.75, 3.05) is 11.9 Å². The SMILES string of the molecule is CCCN(C(=O)C1Cc2ccccc2NC1C)C(C)C. The van der Waals surface area contributed by atoms with Gasteiger partial charge in [-0.25, -0.2) is 0 Å². The lowest BCUT2D eigenvalue weighted by Crippen LogP contribution is -2.48. The second kappa shape index (κ2) is 6.29. The minimum absolute atomic E-state index is 0.0406. The van der Waals surface area contributed by atoms with Gasteiger partial charge < -0.3 is 10.2 Å². The molecule has 3 heteroatoms. The van der Waals surface area contributed by atoms with Crippen molar-refractivity contribution in [3.8, 4) is 0 Å². The van der Waals surface area contributed by atoms with E-state index in [-0.39, 0.29) is 23.9 Å². The Bertz CT molecular complexity index is 470. The number of rotatable bonds is 4. The fourth-order valence-electron chi connectivity index (χ4n) is 2.98. The number of fused-ring (bicyclic) bond motifs is 1. The summed E-state index contributed by atoms with van der Waals surface area (Å²) in [5, 5.41) is 3.48. The number of hydrogen-bond donors (Lipinski definition) is 1. The first-order valence-electron chi connectivity index (χ1n) is 7.69. The number of nitrogens with one attached hydrogen (secondary N) is 1. The van der Waals surface area contributed by atoms with Gasteiger partial charge >= 0.3 is 0 Å².